The lowest BCUT2D eigenvalue weighted by Crippen LogP contribution is -2.32. The molecule has 0 spiro atoms. The number of furan rings is 1. The molecule has 1 fully saturated rings. The van der Waals surface area contributed by atoms with Crippen LogP contribution in [0.5, 0.6) is 0 Å². The molecule has 2 rings (SSSR count). The van der Waals surface area contributed by atoms with Crippen LogP contribution in [0.4, 0.5) is 5.88 Å². The van der Waals surface area contributed by atoms with Crippen LogP contribution in [0.3, 0.4) is 0 Å². The van der Waals surface area contributed by atoms with E-state index in [1.807, 2.05) is 12.1 Å². The number of nitrogens with zero attached hydrogens (tertiary/aromatic N) is 2. The van der Waals surface area contributed by atoms with Crippen LogP contribution in [-0.2, 0) is 0 Å². The molecule has 1 aromatic heterocycles. The van der Waals surface area contributed by atoms with E-state index < -0.39 is 6.04 Å². The van der Waals surface area contributed by atoms with E-state index in [1.165, 1.54) is 12.8 Å². The molecule has 86 valence electrons. The molecule has 0 aromatic carbocycles. The lowest BCUT2D eigenvalue weighted by molar-refractivity contribution is 0.408. The Labute approximate surface area is 95.6 Å². The SMILES string of the molecule is CC1CCN(c2ccc([C@@H](N)C#N)o2)CC1. The van der Waals surface area contributed by atoms with E-state index in [4.69, 9.17) is 15.4 Å². The summed E-state index contributed by atoms with van der Waals surface area (Å²) in [6.07, 6.45) is 2.39. The van der Waals surface area contributed by atoms with Crippen LogP contribution < -0.4 is 10.6 Å². The average Bonchev–Trinajstić information content (AvgIpc) is 2.78. The van der Waals surface area contributed by atoms with Gasteiger partial charge in [-0.15, -0.1) is 0 Å². The molecular weight excluding hydrogens is 202 g/mol. The summed E-state index contributed by atoms with van der Waals surface area (Å²) in [4.78, 5) is 2.22. The van der Waals surface area contributed by atoms with Crippen molar-refractivity contribution in [3.05, 3.63) is 17.9 Å². The summed E-state index contributed by atoms with van der Waals surface area (Å²) in [5, 5.41) is 8.69. The molecule has 1 aliphatic heterocycles. The maximum Gasteiger partial charge on any atom is 0.195 e. The summed E-state index contributed by atoms with van der Waals surface area (Å²) in [7, 11) is 0. The van der Waals surface area contributed by atoms with Crippen molar-refractivity contribution in [1.82, 2.24) is 0 Å². The van der Waals surface area contributed by atoms with Crippen molar-refractivity contribution in [3.63, 3.8) is 0 Å². The minimum atomic E-state index is -0.655. The fourth-order valence-electron chi connectivity index (χ4n) is 1.97. The molecule has 4 nitrogen and oxygen atoms in total. The largest absolute Gasteiger partial charge is 0.443 e. The van der Waals surface area contributed by atoms with Gasteiger partial charge in [0.1, 0.15) is 5.76 Å². The Balaban J connectivity index is 2.05. The van der Waals surface area contributed by atoms with Crippen LogP contribution in [0.15, 0.2) is 16.5 Å². The highest BCUT2D eigenvalue weighted by molar-refractivity contribution is 5.38. The Bertz CT molecular complexity index is 385. The predicted molar refractivity (Wildman–Crippen MR) is 61.9 cm³/mol. The normalized spacial score (nSPS) is 19.4. The minimum Gasteiger partial charge on any atom is -0.443 e. The van der Waals surface area contributed by atoms with Gasteiger partial charge in [-0.1, -0.05) is 6.92 Å². The van der Waals surface area contributed by atoms with Crippen LogP contribution in [0.25, 0.3) is 0 Å². The zero-order chi connectivity index (χ0) is 11.5. The zero-order valence-corrected chi connectivity index (χ0v) is 9.52. The standard InChI is InChI=1S/C12H17N3O/c1-9-4-6-15(7-5-9)12-3-2-11(16-12)10(14)8-13/h2-3,9-10H,4-7,14H2,1H3/t10-/m0/s1. The minimum absolute atomic E-state index is 0.552. The zero-order valence-electron chi connectivity index (χ0n) is 9.52. The van der Waals surface area contributed by atoms with Gasteiger partial charge in [-0.3, -0.25) is 0 Å². The van der Waals surface area contributed by atoms with Gasteiger partial charge in [-0.2, -0.15) is 5.26 Å². The highest BCUT2D eigenvalue weighted by Crippen LogP contribution is 2.26. The molecule has 4 heteroatoms. The number of hydrogen-bond donors (Lipinski definition) is 1. The van der Waals surface area contributed by atoms with E-state index in [0.29, 0.717) is 5.76 Å². The smallest absolute Gasteiger partial charge is 0.195 e. The van der Waals surface area contributed by atoms with Crippen LogP contribution in [0.2, 0.25) is 0 Å². The van der Waals surface area contributed by atoms with Gasteiger partial charge in [0.2, 0.25) is 0 Å². The van der Waals surface area contributed by atoms with Gasteiger partial charge in [-0.05, 0) is 24.8 Å². The lowest BCUT2D eigenvalue weighted by Gasteiger charge is -2.29. The molecule has 1 aromatic rings. The van der Waals surface area contributed by atoms with E-state index in [2.05, 4.69) is 11.8 Å². The second kappa shape index (κ2) is 4.58. The molecule has 0 unspecified atom stereocenters. The fourth-order valence-corrected chi connectivity index (χ4v) is 1.97. The molecule has 1 atom stereocenters. The fraction of sp³-hybridized carbons (Fsp3) is 0.583. The number of rotatable bonds is 2. The Morgan fingerprint density at radius 2 is 2.19 bits per heavy atom. The molecule has 1 saturated heterocycles. The summed E-state index contributed by atoms with van der Waals surface area (Å²) < 4.78 is 5.59. The van der Waals surface area contributed by atoms with Crippen molar-refractivity contribution in [2.24, 2.45) is 11.7 Å². The topological polar surface area (TPSA) is 66.2 Å². The molecule has 16 heavy (non-hydrogen) atoms. The lowest BCUT2D eigenvalue weighted by atomic mass is 9.99. The molecule has 0 aliphatic carbocycles. The van der Waals surface area contributed by atoms with Crippen molar-refractivity contribution in [1.29, 1.82) is 5.26 Å². The first-order chi connectivity index (χ1) is 7.70. The van der Waals surface area contributed by atoms with Crippen LogP contribution >= 0.6 is 0 Å². The number of piperidine rings is 1. The average molecular weight is 219 g/mol. The Hall–Kier alpha value is -1.47. The molecular formula is C12H17N3O. The van der Waals surface area contributed by atoms with Crippen LogP contribution in [0, 0.1) is 17.2 Å². The van der Waals surface area contributed by atoms with E-state index in [-0.39, 0.29) is 0 Å². The van der Waals surface area contributed by atoms with E-state index in [0.717, 1.165) is 24.9 Å². The van der Waals surface area contributed by atoms with Gasteiger partial charge in [0.05, 0.1) is 6.07 Å². The Kier molecular flexibility index (Phi) is 3.16. The molecule has 0 amide bonds. The molecule has 0 radical (unpaired) electrons. The van der Waals surface area contributed by atoms with E-state index in [1.54, 1.807) is 6.07 Å². The third-order valence-corrected chi connectivity index (χ3v) is 3.15. The Morgan fingerprint density at radius 3 is 2.81 bits per heavy atom. The molecule has 2 heterocycles. The number of hydrogen-bond acceptors (Lipinski definition) is 4. The van der Waals surface area contributed by atoms with E-state index >= 15 is 0 Å². The first-order valence-electron chi connectivity index (χ1n) is 5.70. The van der Waals surface area contributed by atoms with Gasteiger partial charge in [0.25, 0.3) is 0 Å². The van der Waals surface area contributed by atoms with Crippen molar-refractivity contribution in [3.8, 4) is 6.07 Å². The first kappa shape index (κ1) is 11.0. The molecule has 1 aliphatic rings. The maximum atomic E-state index is 8.69. The summed E-state index contributed by atoms with van der Waals surface area (Å²) >= 11 is 0. The van der Waals surface area contributed by atoms with Crippen molar-refractivity contribution in [2.45, 2.75) is 25.8 Å². The number of nitriles is 1. The molecule has 2 N–H and O–H groups in total. The number of nitrogens with two attached hydrogens (primary N) is 1. The third kappa shape index (κ3) is 2.20. The maximum absolute atomic E-state index is 8.69. The summed E-state index contributed by atoms with van der Waals surface area (Å²) in [5.74, 6) is 2.19. The van der Waals surface area contributed by atoms with Crippen molar-refractivity contribution < 1.29 is 4.42 Å². The molecule has 0 bridgehead atoms. The van der Waals surface area contributed by atoms with Gasteiger partial charge >= 0.3 is 0 Å². The summed E-state index contributed by atoms with van der Waals surface area (Å²) in [6, 6.07) is 5.01. The first-order valence-corrected chi connectivity index (χ1v) is 5.70. The van der Waals surface area contributed by atoms with Crippen molar-refractivity contribution >= 4 is 5.88 Å². The Morgan fingerprint density at radius 1 is 1.50 bits per heavy atom. The summed E-state index contributed by atoms with van der Waals surface area (Å²) in [5.41, 5.74) is 5.59. The van der Waals surface area contributed by atoms with Gasteiger partial charge in [0, 0.05) is 19.2 Å². The van der Waals surface area contributed by atoms with Crippen LogP contribution in [-0.4, -0.2) is 13.1 Å². The predicted octanol–water partition coefficient (Wildman–Crippen LogP) is 2.04. The van der Waals surface area contributed by atoms with Gasteiger partial charge < -0.3 is 15.1 Å². The third-order valence-electron chi connectivity index (χ3n) is 3.15. The van der Waals surface area contributed by atoms with E-state index in [9.17, 15) is 0 Å². The monoisotopic (exact) mass is 219 g/mol. The highest BCUT2D eigenvalue weighted by Gasteiger charge is 2.19. The van der Waals surface area contributed by atoms with Crippen LogP contribution in [0.1, 0.15) is 31.6 Å². The van der Waals surface area contributed by atoms with Gasteiger partial charge in [-0.25, -0.2) is 0 Å². The van der Waals surface area contributed by atoms with Crippen molar-refractivity contribution in [2.75, 3.05) is 18.0 Å². The second-order valence-corrected chi connectivity index (χ2v) is 4.45. The second-order valence-electron chi connectivity index (χ2n) is 4.45. The summed E-state index contributed by atoms with van der Waals surface area (Å²) in [6.45, 7) is 4.32. The van der Waals surface area contributed by atoms with Gasteiger partial charge in [0.15, 0.2) is 11.9 Å². The number of anilines is 1. The quantitative estimate of drug-likeness (QED) is 0.826. The highest BCUT2D eigenvalue weighted by atomic mass is 16.4. The molecule has 0 saturated carbocycles.